The summed E-state index contributed by atoms with van der Waals surface area (Å²) in [6.45, 7) is 2.72. The van der Waals surface area contributed by atoms with Crippen LogP contribution in [-0.2, 0) is 14.8 Å². The van der Waals surface area contributed by atoms with Crippen molar-refractivity contribution in [1.82, 2.24) is 4.72 Å². The highest BCUT2D eigenvalue weighted by Gasteiger charge is 2.16. The molecule has 1 rings (SSSR count). The van der Waals surface area contributed by atoms with Crippen molar-refractivity contribution in [3.05, 3.63) is 29.6 Å². The summed E-state index contributed by atoms with van der Waals surface area (Å²) in [4.78, 5) is 0.0720. The van der Waals surface area contributed by atoms with Gasteiger partial charge in [-0.2, -0.15) is 0 Å². The SMILES string of the molecule is Cc1cc(F)ccc1S(=O)(=O)NCCOCCN. The fourth-order valence-corrected chi connectivity index (χ4v) is 2.66. The van der Waals surface area contributed by atoms with E-state index in [1.807, 2.05) is 0 Å². The Hall–Kier alpha value is -1.02. The van der Waals surface area contributed by atoms with E-state index in [0.717, 1.165) is 6.07 Å². The molecule has 0 amide bonds. The second-order valence-corrected chi connectivity index (χ2v) is 5.44. The summed E-state index contributed by atoms with van der Waals surface area (Å²) in [5.41, 5.74) is 5.59. The van der Waals surface area contributed by atoms with Crippen molar-refractivity contribution in [3.8, 4) is 0 Å². The number of sulfonamides is 1. The molecule has 0 saturated carbocycles. The Balaban J connectivity index is 2.63. The Bertz CT molecular complexity index is 491. The summed E-state index contributed by atoms with van der Waals surface area (Å²) in [5, 5.41) is 0. The second-order valence-electron chi connectivity index (χ2n) is 3.71. The first kappa shape index (κ1) is 15.0. The van der Waals surface area contributed by atoms with Crippen molar-refractivity contribution in [1.29, 1.82) is 0 Å². The number of halogens is 1. The van der Waals surface area contributed by atoms with Gasteiger partial charge in [0.05, 0.1) is 18.1 Å². The van der Waals surface area contributed by atoms with Gasteiger partial charge in [0.2, 0.25) is 10.0 Å². The molecule has 0 aliphatic heterocycles. The quantitative estimate of drug-likeness (QED) is 0.706. The van der Waals surface area contributed by atoms with E-state index in [0.29, 0.717) is 18.7 Å². The van der Waals surface area contributed by atoms with E-state index >= 15 is 0 Å². The number of rotatable bonds is 7. The van der Waals surface area contributed by atoms with Crippen LogP contribution in [0.25, 0.3) is 0 Å². The van der Waals surface area contributed by atoms with Crippen LogP contribution < -0.4 is 10.5 Å². The zero-order chi connectivity index (χ0) is 13.6. The van der Waals surface area contributed by atoms with Crippen molar-refractivity contribution in [3.63, 3.8) is 0 Å². The van der Waals surface area contributed by atoms with Gasteiger partial charge in [0, 0.05) is 13.1 Å². The largest absolute Gasteiger partial charge is 0.379 e. The van der Waals surface area contributed by atoms with Crippen LogP contribution in [0.5, 0.6) is 0 Å². The summed E-state index contributed by atoms with van der Waals surface area (Å²) in [5.74, 6) is -0.460. The number of ether oxygens (including phenoxy) is 1. The van der Waals surface area contributed by atoms with Crippen LogP contribution in [0, 0.1) is 12.7 Å². The van der Waals surface area contributed by atoms with E-state index in [4.69, 9.17) is 10.5 Å². The molecule has 0 atom stereocenters. The van der Waals surface area contributed by atoms with Gasteiger partial charge in [-0.1, -0.05) is 0 Å². The van der Waals surface area contributed by atoms with Gasteiger partial charge in [0.25, 0.3) is 0 Å². The topological polar surface area (TPSA) is 81.4 Å². The minimum atomic E-state index is -3.62. The number of aryl methyl sites for hydroxylation is 1. The van der Waals surface area contributed by atoms with Crippen LogP contribution in [0.15, 0.2) is 23.1 Å². The number of nitrogens with two attached hydrogens (primary N) is 1. The highest BCUT2D eigenvalue weighted by Crippen LogP contribution is 2.15. The van der Waals surface area contributed by atoms with E-state index in [1.54, 1.807) is 6.92 Å². The maximum absolute atomic E-state index is 12.9. The summed E-state index contributed by atoms with van der Waals surface area (Å²) in [7, 11) is -3.62. The molecule has 3 N–H and O–H groups in total. The molecule has 0 spiro atoms. The highest BCUT2D eigenvalue weighted by atomic mass is 32.2. The molecule has 0 aliphatic rings. The van der Waals surface area contributed by atoms with Gasteiger partial charge in [-0.05, 0) is 30.7 Å². The molecule has 1 aromatic carbocycles. The number of hydrogen-bond acceptors (Lipinski definition) is 4. The number of benzene rings is 1. The van der Waals surface area contributed by atoms with Crippen molar-refractivity contribution >= 4 is 10.0 Å². The first-order valence-corrected chi connectivity index (χ1v) is 6.99. The summed E-state index contributed by atoms with van der Waals surface area (Å²) in [6.07, 6.45) is 0. The molecule has 0 fully saturated rings. The van der Waals surface area contributed by atoms with Crippen LogP contribution in [0.1, 0.15) is 5.56 Å². The molecular weight excluding hydrogens is 259 g/mol. The number of nitrogens with one attached hydrogen (secondary N) is 1. The van der Waals surface area contributed by atoms with Crippen LogP contribution in [-0.4, -0.2) is 34.7 Å². The Morgan fingerprint density at radius 3 is 2.72 bits per heavy atom. The Morgan fingerprint density at radius 1 is 1.39 bits per heavy atom. The maximum Gasteiger partial charge on any atom is 0.240 e. The molecule has 0 aliphatic carbocycles. The van der Waals surface area contributed by atoms with E-state index in [2.05, 4.69) is 4.72 Å². The third-order valence-electron chi connectivity index (χ3n) is 2.23. The molecule has 1 aromatic rings. The third kappa shape index (κ3) is 4.34. The van der Waals surface area contributed by atoms with Gasteiger partial charge in [0.15, 0.2) is 0 Å². The van der Waals surface area contributed by atoms with Crippen molar-refractivity contribution in [2.24, 2.45) is 5.73 Å². The fraction of sp³-hybridized carbons (Fsp3) is 0.455. The molecule has 0 radical (unpaired) electrons. The van der Waals surface area contributed by atoms with Gasteiger partial charge in [0.1, 0.15) is 5.82 Å². The van der Waals surface area contributed by atoms with Gasteiger partial charge in [-0.15, -0.1) is 0 Å². The summed E-state index contributed by atoms with van der Waals surface area (Å²) < 4.78 is 44.1. The predicted octanol–water partition coefficient (Wildman–Crippen LogP) is 0.388. The van der Waals surface area contributed by atoms with Crippen LogP contribution in [0.3, 0.4) is 0 Å². The monoisotopic (exact) mass is 276 g/mol. The van der Waals surface area contributed by atoms with Gasteiger partial charge in [-0.25, -0.2) is 17.5 Å². The normalized spacial score (nSPS) is 11.7. The Kier molecular flexibility index (Phi) is 5.67. The minimum Gasteiger partial charge on any atom is -0.379 e. The Labute approximate surface area is 106 Å². The van der Waals surface area contributed by atoms with Gasteiger partial charge >= 0.3 is 0 Å². The highest BCUT2D eigenvalue weighted by molar-refractivity contribution is 7.89. The zero-order valence-electron chi connectivity index (χ0n) is 10.1. The first-order chi connectivity index (χ1) is 8.47. The zero-order valence-corrected chi connectivity index (χ0v) is 11.0. The maximum atomic E-state index is 12.9. The van der Waals surface area contributed by atoms with Crippen molar-refractivity contribution < 1.29 is 17.5 Å². The first-order valence-electron chi connectivity index (χ1n) is 5.51. The molecule has 0 unspecified atom stereocenters. The average molecular weight is 276 g/mol. The van der Waals surface area contributed by atoms with Crippen molar-refractivity contribution in [2.75, 3.05) is 26.3 Å². The minimum absolute atomic E-state index is 0.0720. The molecule has 7 heteroatoms. The lowest BCUT2D eigenvalue weighted by Crippen LogP contribution is -2.28. The number of hydrogen-bond donors (Lipinski definition) is 2. The molecule has 0 heterocycles. The van der Waals surface area contributed by atoms with E-state index < -0.39 is 15.8 Å². The smallest absolute Gasteiger partial charge is 0.240 e. The van der Waals surface area contributed by atoms with Crippen LogP contribution in [0.2, 0.25) is 0 Å². The van der Waals surface area contributed by atoms with Crippen molar-refractivity contribution in [2.45, 2.75) is 11.8 Å². The molecule has 18 heavy (non-hydrogen) atoms. The molecule has 102 valence electrons. The fourth-order valence-electron chi connectivity index (χ4n) is 1.43. The molecule has 0 aromatic heterocycles. The molecule has 0 saturated heterocycles. The molecular formula is C11H17FN2O3S. The lowest BCUT2D eigenvalue weighted by molar-refractivity contribution is 0.147. The van der Waals surface area contributed by atoms with Crippen LogP contribution in [0.4, 0.5) is 4.39 Å². The van der Waals surface area contributed by atoms with E-state index in [1.165, 1.54) is 12.1 Å². The molecule has 5 nitrogen and oxygen atoms in total. The van der Waals surface area contributed by atoms with Gasteiger partial charge in [-0.3, -0.25) is 0 Å². The van der Waals surface area contributed by atoms with Gasteiger partial charge < -0.3 is 10.5 Å². The second kappa shape index (κ2) is 6.79. The lowest BCUT2D eigenvalue weighted by Gasteiger charge is -2.09. The summed E-state index contributed by atoms with van der Waals surface area (Å²) in [6, 6.07) is 3.54. The lowest BCUT2D eigenvalue weighted by atomic mass is 10.2. The van der Waals surface area contributed by atoms with Crippen LogP contribution >= 0.6 is 0 Å². The standard InChI is InChI=1S/C11H17FN2O3S/c1-9-8-10(12)2-3-11(9)18(15,16)14-5-7-17-6-4-13/h2-3,8,14H,4-7,13H2,1H3. The van der Waals surface area contributed by atoms with E-state index in [-0.39, 0.29) is 18.0 Å². The molecule has 0 bridgehead atoms. The Morgan fingerprint density at radius 2 is 2.11 bits per heavy atom. The van der Waals surface area contributed by atoms with E-state index in [9.17, 15) is 12.8 Å². The predicted molar refractivity (Wildman–Crippen MR) is 66.2 cm³/mol. The third-order valence-corrected chi connectivity index (χ3v) is 3.85. The average Bonchev–Trinajstić information content (AvgIpc) is 2.28. The summed E-state index contributed by atoms with van der Waals surface area (Å²) >= 11 is 0.